The minimum Gasteiger partial charge on any atom is -0.497 e. The fraction of sp³-hybridized carbons (Fsp3) is 0.333. The van der Waals surface area contributed by atoms with E-state index in [2.05, 4.69) is 5.43 Å². The number of carbonyl (C=O) groups is 4. The molecule has 3 aromatic carbocycles. The molecule has 12 heteroatoms. The van der Waals surface area contributed by atoms with Crippen molar-refractivity contribution in [3.63, 3.8) is 0 Å². The number of aliphatic hydroxyl groups excluding tert-OH is 1. The van der Waals surface area contributed by atoms with E-state index < -0.39 is 46.8 Å². The number of benzene rings is 3. The zero-order valence-corrected chi connectivity index (χ0v) is 27.7. The number of nitrogens with one attached hydrogen (secondary N) is 1. The molecule has 3 fully saturated rings. The number of aliphatic hydroxyl groups is 1. The average Bonchev–Trinajstić information content (AvgIpc) is 3.45. The second kappa shape index (κ2) is 12.3. The highest BCUT2D eigenvalue weighted by Crippen LogP contribution is 2.64. The monoisotopic (exact) mass is 689 g/mol. The number of rotatable bonds is 8. The number of methoxy groups -OCH3 is 1. The molecular formula is C36H33Cl2N3O7. The number of hydrogen-bond acceptors (Lipinski definition) is 8. The summed E-state index contributed by atoms with van der Waals surface area (Å²) in [5.74, 6) is -3.61. The Morgan fingerprint density at radius 1 is 0.917 bits per heavy atom. The molecule has 3 aromatic rings. The van der Waals surface area contributed by atoms with Crippen LogP contribution in [-0.2, 0) is 24.6 Å². The highest BCUT2D eigenvalue weighted by molar-refractivity contribution is 6.36. The Morgan fingerprint density at radius 2 is 1.62 bits per heavy atom. The molecular weight excluding hydrogens is 657 g/mol. The number of carbonyl (C=O) groups excluding carboxylic acids is 4. The van der Waals surface area contributed by atoms with E-state index in [1.807, 2.05) is 30.3 Å². The first kappa shape index (κ1) is 32.2. The predicted octanol–water partition coefficient (Wildman–Crippen LogP) is 4.99. The predicted molar refractivity (Wildman–Crippen MR) is 177 cm³/mol. The third-order valence-electron chi connectivity index (χ3n) is 10.4. The quantitative estimate of drug-likeness (QED) is 0.251. The number of fused-ring (bicyclic) bond motifs is 4. The minimum atomic E-state index is -1.45. The van der Waals surface area contributed by atoms with Crippen LogP contribution in [-0.4, -0.2) is 66.0 Å². The summed E-state index contributed by atoms with van der Waals surface area (Å²) in [4.78, 5) is 57.9. The number of hydrogen-bond donors (Lipinski definition) is 2. The summed E-state index contributed by atoms with van der Waals surface area (Å²) in [7, 11) is 3.05. The van der Waals surface area contributed by atoms with Crippen molar-refractivity contribution in [2.75, 3.05) is 32.8 Å². The lowest BCUT2D eigenvalue weighted by atomic mass is 9.49. The topological polar surface area (TPSA) is 125 Å². The zero-order chi connectivity index (χ0) is 33.9. The largest absolute Gasteiger partial charge is 0.497 e. The highest BCUT2D eigenvalue weighted by atomic mass is 35.5. The SMILES string of the molecule is COc1ccc([C@@]23C(=O)N(Nc4ccc(Cl)cc4Cl)C(=O)[C@@H]2C[C@@H]2C(=CC[C@@H]4C(=O)N(C)C(=O)[C@@H]42)[C@@H]3c2ccc(OCCO)cc2)cc1. The maximum absolute atomic E-state index is 15.2. The second-order valence-corrected chi connectivity index (χ2v) is 13.4. The van der Waals surface area contributed by atoms with Gasteiger partial charge >= 0.3 is 0 Å². The van der Waals surface area contributed by atoms with Gasteiger partial charge in [-0.05, 0) is 72.4 Å². The van der Waals surface area contributed by atoms with E-state index in [0.717, 1.165) is 16.1 Å². The van der Waals surface area contributed by atoms with Crippen molar-refractivity contribution in [2.24, 2.45) is 23.7 Å². The van der Waals surface area contributed by atoms with Crippen molar-refractivity contribution >= 4 is 52.5 Å². The molecule has 2 aliphatic heterocycles. The Morgan fingerprint density at radius 3 is 2.29 bits per heavy atom. The fourth-order valence-corrected chi connectivity index (χ4v) is 8.75. The normalized spacial score (nSPS) is 27.8. The summed E-state index contributed by atoms with van der Waals surface area (Å²) >= 11 is 12.6. The third-order valence-corrected chi connectivity index (χ3v) is 10.9. The summed E-state index contributed by atoms with van der Waals surface area (Å²) in [6, 6.07) is 19.1. The van der Waals surface area contributed by atoms with Crippen LogP contribution in [0.25, 0.3) is 0 Å². The standard InChI is InChI=1S/C36H33Cl2N3O7/c1-40-32(43)25-13-12-24-26(30(25)34(40)45)18-27-33(44)41(39-29-14-7-21(37)17-28(29)38)35(46)36(27,20-5-10-22(47-2)11-6-20)31(24)19-3-8-23(9-4-19)48-16-15-42/h3-12,14,17,25-27,30-31,39,42H,13,15-16,18H2,1-2H3/t25-,26+,27-,30-,31-,36+/m0/s1. The van der Waals surface area contributed by atoms with E-state index in [9.17, 15) is 19.5 Å². The van der Waals surface area contributed by atoms with Crippen molar-refractivity contribution in [3.8, 4) is 11.5 Å². The number of nitrogens with zero attached hydrogens (tertiary/aromatic N) is 2. The van der Waals surface area contributed by atoms with E-state index in [1.54, 1.807) is 43.5 Å². The van der Waals surface area contributed by atoms with Crippen molar-refractivity contribution in [1.82, 2.24) is 9.91 Å². The van der Waals surface area contributed by atoms with Crippen molar-refractivity contribution in [3.05, 3.63) is 99.6 Å². The van der Waals surface area contributed by atoms with Crippen LogP contribution in [0.5, 0.6) is 11.5 Å². The molecule has 2 heterocycles. The van der Waals surface area contributed by atoms with Crippen LogP contribution in [0.1, 0.15) is 29.9 Å². The average molecular weight is 691 g/mol. The van der Waals surface area contributed by atoms with Crippen LogP contribution in [0, 0.1) is 23.7 Å². The van der Waals surface area contributed by atoms with E-state index >= 15 is 4.79 Å². The Hall–Kier alpha value is -4.38. The van der Waals surface area contributed by atoms with E-state index in [0.29, 0.717) is 34.2 Å². The Balaban J connectivity index is 1.44. The Labute approximate surface area is 287 Å². The number of imide groups is 2. The van der Waals surface area contributed by atoms with Gasteiger partial charge in [0.25, 0.3) is 11.8 Å². The van der Waals surface area contributed by atoms with E-state index in [1.165, 1.54) is 18.0 Å². The van der Waals surface area contributed by atoms with Crippen LogP contribution >= 0.6 is 23.2 Å². The first-order valence-electron chi connectivity index (χ1n) is 15.7. The van der Waals surface area contributed by atoms with Gasteiger partial charge in [0.1, 0.15) is 18.1 Å². The summed E-state index contributed by atoms with van der Waals surface area (Å²) in [6.45, 7) is -0.0382. The lowest BCUT2D eigenvalue weighted by Crippen LogP contribution is -2.53. The first-order valence-corrected chi connectivity index (χ1v) is 16.5. The van der Waals surface area contributed by atoms with Gasteiger partial charge in [-0.1, -0.05) is 59.1 Å². The fourth-order valence-electron chi connectivity index (χ4n) is 8.30. The molecule has 248 valence electrons. The van der Waals surface area contributed by atoms with Gasteiger partial charge in [0, 0.05) is 18.0 Å². The zero-order valence-electron chi connectivity index (χ0n) is 26.2. The molecule has 1 saturated carbocycles. The molecule has 0 spiro atoms. The second-order valence-electron chi connectivity index (χ2n) is 12.6. The highest BCUT2D eigenvalue weighted by Gasteiger charge is 2.70. The van der Waals surface area contributed by atoms with Crippen molar-refractivity contribution < 1.29 is 33.8 Å². The van der Waals surface area contributed by atoms with Crippen LogP contribution in [0.15, 0.2) is 78.4 Å². The molecule has 2 saturated heterocycles. The maximum atomic E-state index is 15.2. The van der Waals surface area contributed by atoms with Gasteiger partial charge in [0.05, 0.1) is 47.6 Å². The molecule has 7 rings (SSSR count). The van der Waals surface area contributed by atoms with Crippen LogP contribution in [0.4, 0.5) is 5.69 Å². The molecule has 2 aliphatic carbocycles. The lowest BCUT2D eigenvalue weighted by Gasteiger charge is -2.50. The molecule has 0 radical (unpaired) electrons. The third kappa shape index (κ3) is 4.80. The van der Waals surface area contributed by atoms with Crippen molar-refractivity contribution in [2.45, 2.75) is 24.2 Å². The molecule has 4 amide bonds. The number of ether oxygens (including phenoxy) is 2. The van der Waals surface area contributed by atoms with E-state index in [4.69, 9.17) is 32.7 Å². The van der Waals surface area contributed by atoms with Gasteiger partial charge < -0.3 is 14.6 Å². The smallest absolute Gasteiger partial charge is 0.260 e. The Bertz CT molecular complexity index is 1850. The molecule has 0 unspecified atom stereocenters. The number of allylic oxidation sites excluding steroid dienone is 2. The molecule has 0 aromatic heterocycles. The van der Waals surface area contributed by atoms with Crippen LogP contribution < -0.4 is 14.9 Å². The number of anilines is 1. The summed E-state index contributed by atoms with van der Waals surface area (Å²) in [6.07, 6.45) is 2.52. The molecule has 4 aliphatic rings. The minimum absolute atomic E-state index is 0.113. The number of halogens is 2. The van der Waals surface area contributed by atoms with Gasteiger partial charge in [-0.15, -0.1) is 0 Å². The van der Waals surface area contributed by atoms with Gasteiger partial charge in [-0.25, -0.2) is 0 Å². The van der Waals surface area contributed by atoms with Gasteiger partial charge in [-0.3, -0.25) is 29.5 Å². The van der Waals surface area contributed by atoms with Gasteiger partial charge in [-0.2, -0.15) is 5.01 Å². The summed E-state index contributed by atoms with van der Waals surface area (Å²) in [5.41, 5.74) is 4.05. The summed E-state index contributed by atoms with van der Waals surface area (Å²) < 4.78 is 11.1. The van der Waals surface area contributed by atoms with Crippen molar-refractivity contribution in [1.29, 1.82) is 0 Å². The molecule has 6 atom stereocenters. The van der Waals surface area contributed by atoms with E-state index in [-0.39, 0.29) is 36.5 Å². The lowest BCUT2D eigenvalue weighted by molar-refractivity contribution is -0.140. The molecule has 2 N–H and O–H groups in total. The molecule has 0 bridgehead atoms. The first-order chi connectivity index (χ1) is 23.1. The van der Waals surface area contributed by atoms with Gasteiger partial charge in [0.15, 0.2) is 0 Å². The maximum Gasteiger partial charge on any atom is 0.260 e. The number of amides is 4. The number of likely N-dealkylation sites (tertiary alicyclic amines) is 1. The van der Waals surface area contributed by atoms with Gasteiger partial charge in [0.2, 0.25) is 11.8 Å². The molecule has 48 heavy (non-hydrogen) atoms. The van der Waals surface area contributed by atoms with Crippen LogP contribution in [0.3, 0.4) is 0 Å². The number of hydrazine groups is 1. The van der Waals surface area contributed by atoms with Crippen LogP contribution in [0.2, 0.25) is 10.0 Å². The molecule has 10 nitrogen and oxygen atoms in total. The Kier molecular flexibility index (Phi) is 8.22. The summed E-state index contributed by atoms with van der Waals surface area (Å²) in [5, 5.41) is 10.9.